The standard InChI is InChI=1S/C20H15NO8S3/c22-30(23,16-6-5-13-3-1-2-4-14(13)9-16)21-20-12-18(32(27,28)29)11-15-10-17(31(24,25)26)7-8-19(15)20/h1-12,21H,(H,24,25,26)(H,27,28,29). The van der Waals surface area contributed by atoms with E-state index in [0.29, 0.717) is 5.39 Å². The molecule has 0 spiro atoms. The number of anilines is 1. The van der Waals surface area contributed by atoms with Gasteiger partial charge in [0.15, 0.2) is 0 Å². The van der Waals surface area contributed by atoms with E-state index < -0.39 is 40.1 Å². The zero-order valence-electron chi connectivity index (χ0n) is 16.0. The molecule has 0 saturated heterocycles. The summed E-state index contributed by atoms with van der Waals surface area (Å²) in [5, 5.41) is 1.60. The monoisotopic (exact) mass is 493 g/mol. The Hall–Kier alpha value is -3.03. The van der Waals surface area contributed by atoms with E-state index in [1.54, 1.807) is 18.2 Å². The SMILES string of the molecule is O=S(=O)(O)c1ccc2c(NS(=O)(=O)c3ccc4ccccc4c3)cc(S(=O)(=O)O)cc2c1. The number of nitrogens with one attached hydrogen (secondary N) is 1. The second kappa shape index (κ2) is 7.53. The summed E-state index contributed by atoms with van der Waals surface area (Å²) in [5.41, 5.74) is -0.204. The van der Waals surface area contributed by atoms with Crippen LogP contribution in [0.2, 0.25) is 0 Å². The number of fused-ring (bicyclic) bond motifs is 2. The fraction of sp³-hybridized carbons (Fsp3) is 0. The van der Waals surface area contributed by atoms with E-state index in [2.05, 4.69) is 4.72 Å². The first-order chi connectivity index (χ1) is 14.8. The van der Waals surface area contributed by atoms with Gasteiger partial charge < -0.3 is 0 Å². The summed E-state index contributed by atoms with van der Waals surface area (Å²) in [6.45, 7) is 0. The third-order valence-corrected chi connectivity index (χ3v) is 7.81. The lowest BCUT2D eigenvalue weighted by atomic mass is 10.1. The molecule has 0 aliphatic rings. The highest BCUT2D eigenvalue weighted by atomic mass is 32.2. The molecule has 0 radical (unpaired) electrons. The first kappa shape index (κ1) is 22.2. The van der Waals surface area contributed by atoms with Crippen LogP contribution < -0.4 is 4.72 Å². The van der Waals surface area contributed by atoms with Crippen molar-refractivity contribution in [3.63, 3.8) is 0 Å². The summed E-state index contributed by atoms with van der Waals surface area (Å²) in [6.07, 6.45) is 0. The Labute approximate surface area is 183 Å². The molecular weight excluding hydrogens is 478 g/mol. The van der Waals surface area contributed by atoms with Crippen molar-refractivity contribution in [2.24, 2.45) is 0 Å². The predicted octanol–water partition coefficient (Wildman–Crippen LogP) is 3.29. The smallest absolute Gasteiger partial charge is 0.282 e. The molecule has 0 aliphatic carbocycles. The van der Waals surface area contributed by atoms with E-state index in [-0.39, 0.29) is 21.4 Å². The molecule has 0 amide bonds. The molecule has 166 valence electrons. The van der Waals surface area contributed by atoms with Gasteiger partial charge in [-0.1, -0.05) is 36.4 Å². The van der Waals surface area contributed by atoms with Gasteiger partial charge >= 0.3 is 0 Å². The lowest BCUT2D eigenvalue weighted by Crippen LogP contribution is -2.14. The van der Waals surface area contributed by atoms with Crippen LogP contribution in [0, 0.1) is 0 Å². The molecule has 12 heteroatoms. The van der Waals surface area contributed by atoms with Crippen molar-refractivity contribution in [2.45, 2.75) is 14.7 Å². The Morgan fingerprint density at radius 2 is 1.12 bits per heavy atom. The molecule has 32 heavy (non-hydrogen) atoms. The van der Waals surface area contributed by atoms with Gasteiger partial charge in [0.2, 0.25) is 0 Å². The van der Waals surface area contributed by atoms with Gasteiger partial charge in [-0.05, 0) is 52.6 Å². The fourth-order valence-electron chi connectivity index (χ4n) is 3.25. The van der Waals surface area contributed by atoms with Crippen LogP contribution in [0.25, 0.3) is 21.5 Å². The molecule has 0 saturated carbocycles. The first-order valence-electron chi connectivity index (χ1n) is 8.89. The summed E-state index contributed by atoms with van der Waals surface area (Å²) in [4.78, 5) is -1.27. The minimum absolute atomic E-state index is 0.0357. The van der Waals surface area contributed by atoms with Crippen molar-refractivity contribution < 1.29 is 34.4 Å². The summed E-state index contributed by atoms with van der Waals surface area (Å²) in [7, 11) is -13.6. The Morgan fingerprint density at radius 1 is 0.562 bits per heavy atom. The highest BCUT2D eigenvalue weighted by Gasteiger charge is 2.21. The zero-order valence-corrected chi connectivity index (χ0v) is 18.4. The van der Waals surface area contributed by atoms with Crippen LogP contribution >= 0.6 is 0 Å². The molecule has 0 unspecified atom stereocenters. The van der Waals surface area contributed by atoms with Crippen molar-refractivity contribution in [3.05, 3.63) is 72.8 Å². The molecule has 0 bridgehead atoms. The molecule has 0 fully saturated rings. The van der Waals surface area contributed by atoms with E-state index in [1.165, 1.54) is 18.2 Å². The molecule has 0 atom stereocenters. The Bertz CT molecular complexity index is 1710. The minimum Gasteiger partial charge on any atom is -0.282 e. The van der Waals surface area contributed by atoms with Gasteiger partial charge in [-0.15, -0.1) is 0 Å². The van der Waals surface area contributed by atoms with Crippen LogP contribution in [-0.4, -0.2) is 34.4 Å². The molecule has 3 N–H and O–H groups in total. The van der Waals surface area contributed by atoms with E-state index in [4.69, 9.17) is 0 Å². The molecule has 9 nitrogen and oxygen atoms in total. The number of benzene rings is 4. The van der Waals surface area contributed by atoms with Crippen LogP contribution in [0.4, 0.5) is 5.69 Å². The van der Waals surface area contributed by atoms with Gasteiger partial charge in [-0.2, -0.15) is 16.8 Å². The number of sulfonamides is 1. The molecule has 0 heterocycles. The lowest BCUT2D eigenvalue weighted by Gasteiger charge is -2.13. The maximum absolute atomic E-state index is 13.0. The van der Waals surface area contributed by atoms with Crippen molar-refractivity contribution >= 4 is 57.5 Å². The van der Waals surface area contributed by atoms with Crippen LogP contribution in [0.5, 0.6) is 0 Å². The third-order valence-electron chi connectivity index (χ3n) is 4.77. The van der Waals surface area contributed by atoms with E-state index in [0.717, 1.165) is 29.7 Å². The Balaban J connectivity index is 1.90. The second-order valence-corrected chi connectivity index (χ2v) is 11.4. The lowest BCUT2D eigenvalue weighted by molar-refractivity contribution is 0.481. The minimum atomic E-state index is -4.76. The highest BCUT2D eigenvalue weighted by Crippen LogP contribution is 2.32. The average Bonchev–Trinajstić information content (AvgIpc) is 2.71. The summed E-state index contributed by atoms with van der Waals surface area (Å²) >= 11 is 0. The quantitative estimate of drug-likeness (QED) is 0.358. The molecule has 0 aliphatic heterocycles. The number of hydrogen-bond donors (Lipinski definition) is 3. The second-order valence-electron chi connectivity index (χ2n) is 6.92. The fourth-order valence-corrected chi connectivity index (χ4v) is 5.42. The molecule has 4 aromatic carbocycles. The van der Waals surface area contributed by atoms with Gasteiger partial charge in [0, 0.05) is 5.39 Å². The van der Waals surface area contributed by atoms with Gasteiger partial charge in [0.05, 0.1) is 20.4 Å². The van der Waals surface area contributed by atoms with Gasteiger partial charge in [0.1, 0.15) is 0 Å². The normalized spacial score (nSPS) is 12.8. The molecule has 4 rings (SSSR count). The van der Waals surface area contributed by atoms with Crippen LogP contribution in [0.15, 0.2) is 87.5 Å². The number of rotatable bonds is 5. The summed E-state index contributed by atoms with van der Waals surface area (Å²) in [5.74, 6) is 0. The topological polar surface area (TPSA) is 155 Å². The summed E-state index contributed by atoms with van der Waals surface area (Å²) < 4.78 is 93.3. The Morgan fingerprint density at radius 3 is 1.78 bits per heavy atom. The van der Waals surface area contributed by atoms with Crippen molar-refractivity contribution in [2.75, 3.05) is 4.72 Å². The van der Waals surface area contributed by atoms with Crippen molar-refractivity contribution in [1.82, 2.24) is 0 Å². The van der Waals surface area contributed by atoms with E-state index >= 15 is 0 Å². The molecule has 4 aromatic rings. The third kappa shape index (κ3) is 4.31. The Kier molecular flexibility index (Phi) is 5.22. The maximum Gasteiger partial charge on any atom is 0.294 e. The van der Waals surface area contributed by atoms with E-state index in [9.17, 15) is 34.4 Å². The zero-order chi connectivity index (χ0) is 23.3. The average molecular weight is 494 g/mol. The number of hydrogen-bond acceptors (Lipinski definition) is 6. The molecule has 0 aromatic heterocycles. The van der Waals surface area contributed by atoms with Crippen molar-refractivity contribution in [1.29, 1.82) is 0 Å². The van der Waals surface area contributed by atoms with Crippen molar-refractivity contribution in [3.8, 4) is 0 Å². The van der Waals surface area contributed by atoms with Gasteiger partial charge in [-0.25, -0.2) is 8.42 Å². The van der Waals surface area contributed by atoms with E-state index in [1.807, 2.05) is 12.1 Å². The largest absolute Gasteiger partial charge is 0.294 e. The molecular formula is C20H15NO8S3. The maximum atomic E-state index is 13.0. The van der Waals surface area contributed by atoms with Gasteiger partial charge in [0.25, 0.3) is 30.3 Å². The van der Waals surface area contributed by atoms with Crippen LogP contribution in [0.1, 0.15) is 0 Å². The summed E-state index contributed by atoms with van der Waals surface area (Å²) in [6, 6.07) is 16.7. The van der Waals surface area contributed by atoms with Crippen LogP contribution in [0.3, 0.4) is 0 Å². The predicted molar refractivity (Wildman–Crippen MR) is 118 cm³/mol. The highest BCUT2D eigenvalue weighted by molar-refractivity contribution is 7.92. The van der Waals surface area contributed by atoms with Gasteiger partial charge in [-0.3, -0.25) is 13.8 Å². The first-order valence-corrected chi connectivity index (χ1v) is 13.3. The van der Waals surface area contributed by atoms with Crippen LogP contribution in [-0.2, 0) is 30.3 Å².